The molecule has 0 atom stereocenters. The van der Waals surface area contributed by atoms with Gasteiger partial charge in [-0.25, -0.2) is 17.2 Å². The molecule has 1 fully saturated rings. The van der Waals surface area contributed by atoms with Crippen LogP contribution in [0.25, 0.3) is 0 Å². The summed E-state index contributed by atoms with van der Waals surface area (Å²) in [6.45, 7) is 1.44. The van der Waals surface area contributed by atoms with E-state index in [1.165, 1.54) is 48.5 Å². The first-order valence-electron chi connectivity index (χ1n) is 10.4. The molecule has 0 saturated carbocycles. The number of nitrogens with one attached hydrogen (secondary N) is 1. The zero-order valence-electron chi connectivity index (χ0n) is 17.9. The van der Waals surface area contributed by atoms with Crippen molar-refractivity contribution in [3.63, 3.8) is 0 Å². The number of rotatable bonds is 5. The lowest BCUT2D eigenvalue weighted by molar-refractivity contribution is 0.0746. The Morgan fingerprint density at radius 1 is 0.941 bits per heavy atom. The highest BCUT2D eigenvalue weighted by molar-refractivity contribution is 7.92. The van der Waals surface area contributed by atoms with Gasteiger partial charge in [0.25, 0.3) is 15.9 Å². The van der Waals surface area contributed by atoms with E-state index < -0.39 is 21.7 Å². The van der Waals surface area contributed by atoms with Gasteiger partial charge in [0.2, 0.25) is 0 Å². The molecular formula is C24H20F2N4O3S. The van der Waals surface area contributed by atoms with E-state index in [-0.39, 0.29) is 27.6 Å². The molecule has 0 aliphatic carbocycles. The van der Waals surface area contributed by atoms with Crippen molar-refractivity contribution in [1.29, 1.82) is 5.26 Å². The molecule has 1 heterocycles. The van der Waals surface area contributed by atoms with Gasteiger partial charge in [-0.2, -0.15) is 5.26 Å². The summed E-state index contributed by atoms with van der Waals surface area (Å²) in [4.78, 5) is 16.4. The van der Waals surface area contributed by atoms with Crippen LogP contribution in [0.4, 0.5) is 20.2 Å². The molecule has 4 rings (SSSR count). The molecule has 174 valence electrons. The first-order valence-corrected chi connectivity index (χ1v) is 11.9. The van der Waals surface area contributed by atoms with Crippen LogP contribution in [0.3, 0.4) is 0 Å². The highest BCUT2D eigenvalue weighted by atomic mass is 32.2. The number of carbonyl (C=O) groups excluding carboxylic acids is 1. The number of piperazine rings is 1. The Kier molecular flexibility index (Phi) is 6.47. The molecule has 0 radical (unpaired) electrons. The SMILES string of the molecule is N#Cc1c(F)cccc1N1CCN(C(=O)c2cccc(S(=O)(=O)Nc3ccc(F)cc3)c2)CC1. The fourth-order valence-corrected chi connectivity index (χ4v) is 4.85. The smallest absolute Gasteiger partial charge is 0.261 e. The van der Waals surface area contributed by atoms with E-state index in [1.54, 1.807) is 11.0 Å². The molecule has 7 nitrogen and oxygen atoms in total. The quantitative estimate of drug-likeness (QED) is 0.600. The Morgan fingerprint density at radius 2 is 1.62 bits per heavy atom. The van der Waals surface area contributed by atoms with Crippen LogP contribution in [0.2, 0.25) is 0 Å². The van der Waals surface area contributed by atoms with Crippen LogP contribution in [0.5, 0.6) is 0 Å². The summed E-state index contributed by atoms with van der Waals surface area (Å²) in [5, 5.41) is 9.26. The molecular weight excluding hydrogens is 462 g/mol. The number of nitrogens with zero attached hydrogens (tertiary/aromatic N) is 3. The van der Waals surface area contributed by atoms with Gasteiger partial charge in [-0.3, -0.25) is 9.52 Å². The number of hydrogen-bond donors (Lipinski definition) is 1. The predicted molar refractivity (Wildman–Crippen MR) is 123 cm³/mol. The zero-order valence-corrected chi connectivity index (χ0v) is 18.7. The fraction of sp³-hybridized carbons (Fsp3) is 0.167. The lowest BCUT2D eigenvalue weighted by Gasteiger charge is -2.36. The monoisotopic (exact) mass is 482 g/mol. The third kappa shape index (κ3) is 4.84. The Balaban J connectivity index is 1.46. The lowest BCUT2D eigenvalue weighted by Crippen LogP contribution is -2.49. The second-order valence-corrected chi connectivity index (χ2v) is 9.35. The van der Waals surface area contributed by atoms with E-state index in [2.05, 4.69) is 4.72 Å². The Hall–Kier alpha value is -3.97. The molecule has 1 aliphatic heterocycles. The summed E-state index contributed by atoms with van der Waals surface area (Å²) in [6, 6.07) is 16.9. The van der Waals surface area contributed by atoms with Crippen LogP contribution in [0.1, 0.15) is 15.9 Å². The van der Waals surface area contributed by atoms with E-state index in [0.29, 0.717) is 31.9 Å². The maximum absolute atomic E-state index is 13.9. The molecule has 34 heavy (non-hydrogen) atoms. The number of sulfonamides is 1. The van der Waals surface area contributed by atoms with Crippen LogP contribution in [0, 0.1) is 23.0 Å². The van der Waals surface area contributed by atoms with E-state index in [1.807, 2.05) is 11.0 Å². The normalized spacial score (nSPS) is 13.9. The number of benzene rings is 3. The lowest BCUT2D eigenvalue weighted by atomic mass is 10.1. The molecule has 3 aromatic carbocycles. The standard InChI is InChI=1S/C24H20F2N4O3S/c25-18-7-9-19(10-8-18)28-34(32,33)20-4-1-3-17(15-20)24(31)30-13-11-29(12-14-30)23-6-2-5-22(26)21(23)16-27/h1-10,15,28H,11-14H2. The summed E-state index contributed by atoms with van der Waals surface area (Å²) >= 11 is 0. The second-order valence-electron chi connectivity index (χ2n) is 7.67. The van der Waals surface area contributed by atoms with Crippen LogP contribution in [-0.4, -0.2) is 45.4 Å². The van der Waals surface area contributed by atoms with E-state index in [4.69, 9.17) is 0 Å². The van der Waals surface area contributed by atoms with Gasteiger partial charge in [-0.1, -0.05) is 12.1 Å². The average Bonchev–Trinajstić information content (AvgIpc) is 2.85. The number of hydrogen-bond acceptors (Lipinski definition) is 5. The van der Waals surface area contributed by atoms with Crippen LogP contribution < -0.4 is 9.62 Å². The van der Waals surface area contributed by atoms with Crippen molar-refractivity contribution in [3.8, 4) is 6.07 Å². The molecule has 1 saturated heterocycles. The van der Waals surface area contributed by atoms with Crippen LogP contribution in [-0.2, 0) is 10.0 Å². The van der Waals surface area contributed by atoms with Crippen molar-refractivity contribution in [1.82, 2.24) is 4.90 Å². The summed E-state index contributed by atoms with van der Waals surface area (Å²) in [5.41, 5.74) is 0.852. The van der Waals surface area contributed by atoms with Gasteiger partial charge in [0.15, 0.2) is 0 Å². The summed E-state index contributed by atoms with van der Waals surface area (Å²) in [6.07, 6.45) is 0. The van der Waals surface area contributed by atoms with E-state index in [9.17, 15) is 27.3 Å². The summed E-state index contributed by atoms with van der Waals surface area (Å²) < 4.78 is 54.8. The molecule has 0 aromatic heterocycles. The second kappa shape index (κ2) is 9.49. The Bertz CT molecular complexity index is 1360. The van der Waals surface area contributed by atoms with Gasteiger partial charge in [0.1, 0.15) is 23.3 Å². The van der Waals surface area contributed by atoms with Crippen molar-refractivity contribution in [2.45, 2.75) is 4.90 Å². The van der Waals surface area contributed by atoms with Crippen molar-refractivity contribution in [2.75, 3.05) is 35.8 Å². The maximum atomic E-state index is 13.9. The van der Waals surface area contributed by atoms with Gasteiger partial charge >= 0.3 is 0 Å². The molecule has 10 heteroatoms. The zero-order chi connectivity index (χ0) is 24.3. The molecule has 0 spiro atoms. The van der Waals surface area contributed by atoms with Gasteiger partial charge < -0.3 is 9.80 Å². The Morgan fingerprint density at radius 3 is 2.29 bits per heavy atom. The Labute approximate surface area is 195 Å². The first-order chi connectivity index (χ1) is 16.3. The molecule has 3 aromatic rings. The molecule has 1 N–H and O–H groups in total. The van der Waals surface area contributed by atoms with Gasteiger partial charge in [-0.05, 0) is 54.6 Å². The molecule has 0 bridgehead atoms. The van der Waals surface area contributed by atoms with Gasteiger partial charge in [-0.15, -0.1) is 0 Å². The summed E-state index contributed by atoms with van der Waals surface area (Å²) in [7, 11) is -3.99. The average molecular weight is 483 g/mol. The maximum Gasteiger partial charge on any atom is 0.261 e. The third-order valence-electron chi connectivity index (χ3n) is 5.50. The number of anilines is 2. The minimum atomic E-state index is -3.99. The minimum Gasteiger partial charge on any atom is -0.367 e. The molecule has 1 amide bonds. The highest BCUT2D eigenvalue weighted by Crippen LogP contribution is 2.24. The minimum absolute atomic E-state index is 0.0335. The van der Waals surface area contributed by atoms with Crippen LogP contribution >= 0.6 is 0 Å². The highest BCUT2D eigenvalue weighted by Gasteiger charge is 2.25. The van der Waals surface area contributed by atoms with Gasteiger partial charge in [0.05, 0.1) is 10.6 Å². The largest absolute Gasteiger partial charge is 0.367 e. The van der Waals surface area contributed by atoms with Crippen molar-refractivity contribution in [3.05, 3.63) is 89.5 Å². The van der Waals surface area contributed by atoms with Crippen molar-refractivity contribution in [2.24, 2.45) is 0 Å². The topological polar surface area (TPSA) is 93.5 Å². The van der Waals surface area contributed by atoms with Crippen LogP contribution in [0.15, 0.2) is 71.6 Å². The van der Waals surface area contributed by atoms with Crippen molar-refractivity contribution >= 4 is 27.3 Å². The predicted octanol–water partition coefficient (Wildman–Crippen LogP) is 3.60. The molecule has 1 aliphatic rings. The van der Waals surface area contributed by atoms with E-state index in [0.717, 1.165) is 12.1 Å². The number of carbonyl (C=O) groups is 1. The number of nitriles is 1. The van der Waals surface area contributed by atoms with E-state index >= 15 is 0 Å². The van der Waals surface area contributed by atoms with Crippen molar-refractivity contribution < 1.29 is 22.0 Å². The summed E-state index contributed by atoms with van der Waals surface area (Å²) in [5.74, 6) is -1.42. The van der Waals surface area contributed by atoms with Gasteiger partial charge in [0, 0.05) is 37.4 Å². The molecule has 0 unspecified atom stereocenters. The number of amides is 1. The fourth-order valence-electron chi connectivity index (χ4n) is 3.75. The first kappa shape index (κ1) is 23.2. The third-order valence-corrected chi connectivity index (χ3v) is 6.88. The number of halogens is 2.